The molecule has 10 heteroatoms. The topological polar surface area (TPSA) is 64.4 Å². The lowest BCUT2D eigenvalue weighted by Gasteiger charge is -2.03. The molecule has 1 aromatic heterocycles. The van der Waals surface area contributed by atoms with E-state index >= 15 is 0 Å². The summed E-state index contributed by atoms with van der Waals surface area (Å²) in [5.74, 6) is -0.245. The maximum Gasteiger partial charge on any atom is 0.673 e. The Morgan fingerprint density at radius 3 is 2.09 bits per heavy atom. The number of hydrogen-bond acceptors (Lipinski definition) is 2. The summed E-state index contributed by atoms with van der Waals surface area (Å²) < 4.78 is 45.1. The molecule has 32 heavy (non-hydrogen) atoms. The second-order valence-corrected chi connectivity index (χ2v) is 6.97. The van der Waals surface area contributed by atoms with Gasteiger partial charge in [0.25, 0.3) is 0 Å². The average molecular weight is 464 g/mol. The fraction of sp³-hybridized carbons (Fsp3) is 0. The molecule has 0 aliphatic rings. The van der Waals surface area contributed by atoms with Crippen molar-refractivity contribution in [3.8, 4) is 11.3 Å². The zero-order valence-corrected chi connectivity index (χ0v) is 17.0. The van der Waals surface area contributed by atoms with Crippen molar-refractivity contribution in [1.82, 2.24) is 0 Å². The molecule has 0 amide bonds. The van der Waals surface area contributed by atoms with Gasteiger partial charge in [-0.05, 0) is 48.5 Å². The molecule has 0 bridgehead atoms. The summed E-state index contributed by atoms with van der Waals surface area (Å²) in [5, 5.41) is 11.5. The van der Waals surface area contributed by atoms with Crippen molar-refractivity contribution in [3.63, 3.8) is 0 Å². The highest BCUT2D eigenvalue weighted by Crippen LogP contribution is 2.23. The number of benzene rings is 3. The number of aromatic carboxylic acids is 1. The van der Waals surface area contributed by atoms with E-state index in [1.54, 1.807) is 24.3 Å². The van der Waals surface area contributed by atoms with Gasteiger partial charge in [-0.15, -0.1) is 0 Å². The molecule has 1 heterocycles. The van der Waals surface area contributed by atoms with Crippen LogP contribution in [0.1, 0.15) is 10.4 Å². The zero-order chi connectivity index (χ0) is 23.3. The number of fused-ring (bicyclic) bond motifs is 1. The molecule has 0 aliphatic carbocycles. The summed E-state index contributed by atoms with van der Waals surface area (Å²) in [5.41, 5.74) is 2.69. The highest BCUT2D eigenvalue weighted by atomic mass is 35.5. The van der Waals surface area contributed by atoms with Crippen LogP contribution in [-0.4, -0.2) is 18.3 Å². The van der Waals surface area contributed by atoms with Crippen LogP contribution in [0.2, 0.25) is 5.02 Å². The lowest BCUT2D eigenvalue weighted by atomic mass is 10.1. The Balaban J connectivity index is 0.000000523. The third-order valence-electron chi connectivity index (χ3n) is 4.21. The van der Waals surface area contributed by atoms with Crippen LogP contribution < -0.4 is 10.3 Å². The SMILES string of the molecule is F[B-](F)(F)F.O=C(O)c1ccc([NH+]=c2cc(-c3ccc(Cl)cc3)oc3ccccc23)cc1. The number of carbonyl (C=O) groups is 1. The molecule has 0 radical (unpaired) electrons. The fourth-order valence-corrected chi connectivity index (χ4v) is 2.97. The van der Waals surface area contributed by atoms with E-state index in [1.807, 2.05) is 54.6 Å². The second-order valence-electron chi connectivity index (χ2n) is 6.53. The first-order chi connectivity index (χ1) is 15.1. The first-order valence-electron chi connectivity index (χ1n) is 9.20. The Morgan fingerprint density at radius 2 is 1.50 bits per heavy atom. The van der Waals surface area contributed by atoms with E-state index in [0.717, 1.165) is 27.6 Å². The quantitative estimate of drug-likeness (QED) is 0.330. The molecule has 0 spiro atoms. The van der Waals surface area contributed by atoms with Crippen LogP contribution in [0.5, 0.6) is 0 Å². The van der Waals surface area contributed by atoms with Gasteiger partial charge >= 0.3 is 13.2 Å². The Hall–Kier alpha value is -3.59. The molecule has 0 saturated carbocycles. The molecular formula is C22H15BClF4NO3. The van der Waals surface area contributed by atoms with Crippen molar-refractivity contribution in [2.24, 2.45) is 0 Å². The van der Waals surface area contributed by atoms with E-state index in [9.17, 15) is 22.1 Å². The van der Waals surface area contributed by atoms with Crippen LogP contribution in [0.4, 0.5) is 23.0 Å². The van der Waals surface area contributed by atoms with Crippen LogP contribution in [0.15, 0.2) is 83.3 Å². The Morgan fingerprint density at radius 1 is 0.906 bits per heavy atom. The Kier molecular flexibility index (Phi) is 7.00. The lowest BCUT2D eigenvalue weighted by molar-refractivity contribution is -0.400. The smallest absolute Gasteiger partial charge is 0.478 e. The number of carboxylic acids is 1. The molecule has 2 N–H and O–H groups in total. The molecule has 0 aliphatic heterocycles. The van der Waals surface area contributed by atoms with Crippen molar-refractivity contribution in [2.45, 2.75) is 0 Å². The lowest BCUT2D eigenvalue weighted by Crippen LogP contribution is -2.70. The maximum absolute atomic E-state index is 11.0. The normalized spacial score (nSPS) is 11.7. The van der Waals surface area contributed by atoms with Crippen LogP contribution in [0.3, 0.4) is 0 Å². The van der Waals surface area contributed by atoms with Crippen molar-refractivity contribution >= 4 is 41.5 Å². The number of hydrogen-bond donors (Lipinski definition) is 2. The number of rotatable bonds is 3. The second kappa shape index (κ2) is 9.70. The van der Waals surface area contributed by atoms with E-state index in [-0.39, 0.29) is 5.56 Å². The highest BCUT2D eigenvalue weighted by molar-refractivity contribution is 6.50. The van der Waals surface area contributed by atoms with Gasteiger partial charge in [0.1, 0.15) is 11.3 Å². The van der Waals surface area contributed by atoms with E-state index in [1.165, 1.54) is 0 Å². The molecule has 0 unspecified atom stereocenters. The molecule has 164 valence electrons. The Bertz CT molecular complexity index is 1300. The molecule has 3 aromatic carbocycles. The summed E-state index contributed by atoms with van der Waals surface area (Å²) >= 11 is 5.98. The fourth-order valence-electron chi connectivity index (χ4n) is 2.85. The summed E-state index contributed by atoms with van der Waals surface area (Å²) in [4.78, 5) is 14.4. The molecule has 4 nitrogen and oxygen atoms in total. The number of nitrogens with one attached hydrogen (secondary N) is 1. The molecular weight excluding hydrogens is 449 g/mol. The van der Waals surface area contributed by atoms with Crippen molar-refractivity contribution in [2.75, 3.05) is 0 Å². The molecule has 0 saturated heterocycles. The van der Waals surface area contributed by atoms with Crippen LogP contribution in [0, 0.1) is 0 Å². The van der Waals surface area contributed by atoms with Crippen molar-refractivity contribution < 1.29 is 36.6 Å². The van der Waals surface area contributed by atoms with E-state index in [2.05, 4.69) is 4.99 Å². The van der Waals surface area contributed by atoms with Gasteiger partial charge in [-0.1, -0.05) is 23.7 Å². The Labute approximate surface area is 184 Å². The monoisotopic (exact) mass is 463 g/mol. The standard InChI is InChI=1S/C22H14ClNO3.BF4/c23-16-9-5-14(6-10-16)21-13-19(18-3-1-2-4-20(18)27-21)24-17-11-7-15(8-12-17)22(25)26;2-1(3,4)5/h1-13H,(H,25,26);/q;-1/p+1. The van der Waals surface area contributed by atoms with E-state index < -0.39 is 13.2 Å². The van der Waals surface area contributed by atoms with Gasteiger partial charge < -0.3 is 26.8 Å². The van der Waals surface area contributed by atoms with Gasteiger partial charge in [-0.25, -0.2) is 9.79 Å². The van der Waals surface area contributed by atoms with Gasteiger partial charge in [0.2, 0.25) is 11.0 Å². The van der Waals surface area contributed by atoms with Gasteiger partial charge in [0, 0.05) is 22.7 Å². The van der Waals surface area contributed by atoms with Crippen LogP contribution in [-0.2, 0) is 0 Å². The number of halogens is 5. The predicted molar refractivity (Wildman–Crippen MR) is 114 cm³/mol. The first kappa shape index (κ1) is 23.1. The predicted octanol–water partition coefficient (Wildman–Crippen LogP) is 5.06. The van der Waals surface area contributed by atoms with Gasteiger partial charge in [0.05, 0.1) is 17.0 Å². The zero-order valence-electron chi connectivity index (χ0n) is 16.2. The van der Waals surface area contributed by atoms with E-state index in [4.69, 9.17) is 21.1 Å². The van der Waals surface area contributed by atoms with Crippen molar-refractivity contribution in [1.29, 1.82) is 0 Å². The van der Waals surface area contributed by atoms with Crippen LogP contribution in [0.25, 0.3) is 22.3 Å². The molecule has 0 atom stereocenters. The minimum Gasteiger partial charge on any atom is -0.478 e. The molecule has 4 aromatic rings. The minimum absolute atomic E-state index is 0.246. The molecule has 4 rings (SSSR count). The first-order valence-corrected chi connectivity index (χ1v) is 9.57. The van der Waals surface area contributed by atoms with Gasteiger partial charge in [-0.3, -0.25) is 0 Å². The molecule has 0 fully saturated rings. The minimum atomic E-state index is -6.00. The number of para-hydroxylation sites is 1. The summed E-state index contributed by atoms with van der Waals surface area (Å²) in [6.45, 7) is 0. The summed E-state index contributed by atoms with van der Waals surface area (Å²) in [6.07, 6.45) is 0. The van der Waals surface area contributed by atoms with Crippen LogP contribution >= 0.6 is 11.6 Å². The largest absolute Gasteiger partial charge is 0.673 e. The maximum atomic E-state index is 11.0. The van der Waals surface area contributed by atoms with Crippen molar-refractivity contribution in [3.05, 3.63) is 94.8 Å². The van der Waals surface area contributed by atoms with Gasteiger partial charge in [0.15, 0.2) is 0 Å². The highest BCUT2D eigenvalue weighted by Gasteiger charge is 2.20. The van der Waals surface area contributed by atoms with E-state index in [0.29, 0.717) is 10.8 Å². The third kappa shape index (κ3) is 6.45. The average Bonchev–Trinajstić information content (AvgIpc) is 2.73. The van der Waals surface area contributed by atoms with Gasteiger partial charge in [-0.2, -0.15) is 0 Å². The third-order valence-corrected chi connectivity index (χ3v) is 4.46. The summed E-state index contributed by atoms with van der Waals surface area (Å²) in [6, 6.07) is 23.7. The summed E-state index contributed by atoms with van der Waals surface area (Å²) in [7, 11) is -6.00. The number of carboxylic acid groups (broad SMARTS) is 1.